The van der Waals surface area contributed by atoms with Crippen LogP contribution in [0.1, 0.15) is 31.9 Å². The molecule has 1 aliphatic heterocycles. The van der Waals surface area contributed by atoms with Gasteiger partial charge in [-0.1, -0.05) is 13.0 Å². The summed E-state index contributed by atoms with van der Waals surface area (Å²) in [5.41, 5.74) is 6.82. The van der Waals surface area contributed by atoms with E-state index in [2.05, 4.69) is 22.2 Å². The Morgan fingerprint density at radius 3 is 2.52 bits per heavy atom. The molecule has 128 valence electrons. The van der Waals surface area contributed by atoms with Gasteiger partial charge in [-0.15, -0.1) is 0 Å². The van der Waals surface area contributed by atoms with Crippen molar-refractivity contribution in [3.63, 3.8) is 0 Å². The van der Waals surface area contributed by atoms with Gasteiger partial charge < -0.3 is 15.5 Å². The summed E-state index contributed by atoms with van der Waals surface area (Å²) in [5, 5.41) is 3.15. The molecule has 0 saturated carbocycles. The lowest BCUT2D eigenvalue weighted by Crippen LogP contribution is -2.44. The van der Waals surface area contributed by atoms with Crippen LogP contribution in [0.4, 0.5) is 10.1 Å². The lowest BCUT2D eigenvalue weighted by molar-refractivity contribution is -0.120. The Morgan fingerprint density at radius 1 is 1.35 bits per heavy atom. The lowest BCUT2D eigenvalue weighted by atomic mass is 10.0. The van der Waals surface area contributed by atoms with E-state index in [0.29, 0.717) is 12.1 Å². The molecule has 3 N–H and O–H groups in total. The van der Waals surface area contributed by atoms with E-state index in [9.17, 15) is 9.18 Å². The standard InChI is InChI=1S/C17H27FN4O/c1-4-15(17(19)23)20-12(2)13-5-6-16(14(18)11-13)22-9-7-21(3)8-10-22/h5-6,11-12,15,20H,4,7-10H2,1-3H3,(H2,19,23)/t12-,15-/m1/s1. The fourth-order valence-corrected chi connectivity index (χ4v) is 2.90. The zero-order valence-corrected chi connectivity index (χ0v) is 14.2. The summed E-state index contributed by atoms with van der Waals surface area (Å²) in [6.45, 7) is 7.36. The smallest absolute Gasteiger partial charge is 0.234 e. The fourth-order valence-electron chi connectivity index (χ4n) is 2.90. The third kappa shape index (κ3) is 4.42. The quantitative estimate of drug-likeness (QED) is 0.833. The molecule has 6 heteroatoms. The Balaban J connectivity index is 2.07. The Kier molecular flexibility index (Phi) is 5.96. The van der Waals surface area contributed by atoms with Crippen LogP contribution in [0, 0.1) is 5.82 Å². The van der Waals surface area contributed by atoms with E-state index in [4.69, 9.17) is 5.73 Å². The number of nitrogens with two attached hydrogens (primary N) is 1. The first-order valence-corrected chi connectivity index (χ1v) is 8.20. The zero-order chi connectivity index (χ0) is 17.0. The average Bonchev–Trinajstić information content (AvgIpc) is 2.53. The van der Waals surface area contributed by atoms with Gasteiger partial charge >= 0.3 is 0 Å². The second kappa shape index (κ2) is 7.75. The normalized spacial score (nSPS) is 18.7. The Hall–Kier alpha value is -1.66. The zero-order valence-electron chi connectivity index (χ0n) is 14.2. The van der Waals surface area contributed by atoms with E-state index in [1.807, 2.05) is 26.0 Å². The van der Waals surface area contributed by atoms with Crippen LogP contribution in [0.2, 0.25) is 0 Å². The van der Waals surface area contributed by atoms with Crippen molar-refractivity contribution in [3.8, 4) is 0 Å². The van der Waals surface area contributed by atoms with Gasteiger partial charge in [-0.05, 0) is 38.1 Å². The number of primary amides is 1. The highest BCUT2D eigenvalue weighted by Crippen LogP contribution is 2.24. The number of carbonyl (C=O) groups is 1. The van der Waals surface area contributed by atoms with Crippen molar-refractivity contribution in [2.45, 2.75) is 32.4 Å². The lowest BCUT2D eigenvalue weighted by Gasteiger charge is -2.34. The van der Waals surface area contributed by atoms with Crippen LogP contribution in [0.25, 0.3) is 0 Å². The molecule has 0 aromatic heterocycles. The molecule has 0 aliphatic carbocycles. The van der Waals surface area contributed by atoms with E-state index >= 15 is 0 Å². The monoisotopic (exact) mass is 322 g/mol. The van der Waals surface area contributed by atoms with Crippen molar-refractivity contribution in [2.24, 2.45) is 5.73 Å². The number of nitrogens with zero attached hydrogens (tertiary/aromatic N) is 2. The second-order valence-corrected chi connectivity index (χ2v) is 6.25. The molecular formula is C17H27FN4O. The van der Waals surface area contributed by atoms with Crippen LogP contribution in [0.3, 0.4) is 0 Å². The topological polar surface area (TPSA) is 61.6 Å². The molecule has 2 atom stereocenters. The molecule has 1 aromatic carbocycles. The van der Waals surface area contributed by atoms with E-state index < -0.39 is 6.04 Å². The van der Waals surface area contributed by atoms with Gasteiger partial charge in [-0.2, -0.15) is 0 Å². The number of benzene rings is 1. The van der Waals surface area contributed by atoms with Crippen molar-refractivity contribution < 1.29 is 9.18 Å². The predicted molar refractivity (Wildman–Crippen MR) is 90.9 cm³/mol. The van der Waals surface area contributed by atoms with Gasteiger partial charge in [0, 0.05) is 32.2 Å². The molecule has 5 nitrogen and oxygen atoms in total. The molecule has 1 amide bonds. The number of hydrogen-bond donors (Lipinski definition) is 2. The number of nitrogens with one attached hydrogen (secondary N) is 1. The van der Waals surface area contributed by atoms with Crippen LogP contribution in [-0.2, 0) is 4.79 Å². The number of piperazine rings is 1. The average molecular weight is 322 g/mol. The van der Waals surface area contributed by atoms with Gasteiger partial charge in [-0.3, -0.25) is 10.1 Å². The van der Waals surface area contributed by atoms with Crippen molar-refractivity contribution in [2.75, 3.05) is 38.1 Å². The van der Waals surface area contributed by atoms with Crippen LogP contribution >= 0.6 is 0 Å². The summed E-state index contributed by atoms with van der Waals surface area (Å²) in [7, 11) is 2.08. The van der Waals surface area contributed by atoms with Gasteiger partial charge in [0.15, 0.2) is 0 Å². The third-order valence-corrected chi connectivity index (χ3v) is 4.52. The number of halogens is 1. The van der Waals surface area contributed by atoms with E-state index in [1.165, 1.54) is 0 Å². The molecular weight excluding hydrogens is 295 g/mol. The van der Waals surface area contributed by atoms with Crippen molar-refractivity contribution in [3.05, 3.63) is 29.6 Å². The highest BCUT2D eigenvalue weighted by Gasteiger charge is 2.20. The van der Waals surface area contributed by atoms with Gasteiger partial charge in [-0.25, -0.2) is 4.39 Å². The number of hydrogen-bond acceptors (Lipinski definition) is 4. The van der Waals surface area contributed by atoms with Gasteiger partial charge in [0.05, 0.1) is 11.7 Å². The highest BCUT2D eigenvalue weighted by atomic mass is 19.1. The van der Waals surface area contributed by atoms with Crippen LogP contribution in [-0.4, -0.2) is 50.1 Å². The molecule has 0 radical (unpaired) electrons. The number of likely N-dealkylation sites (N-methyl/N-ethyl adjacent to an activating group) is 1. The molecule has 1 aliphatic rings. The number of rotatable bonds is 6. The summed E-state index contributed by atoms with van der Waals surface area (Å²) in [6, 6.07) is 4.77. The second-order valence-electron chi connectivity index (χ2n) is 6.25. The van der Waals surface area contributed by atoms with Gasteiger partial charge in [0.2, 0.25) is 5.91 Å². The summed E-state index contributed by atoms with van der Waals surface area (Å²) >= 11 is 0. The maximum Gasteiger partial charge on any atom is 0.234 e. The molecule has 1 saturated heterocycles. The maximum atomic E-state index is 14.5. The third-order valence-electron chi connectivity index (χ3n) is 4.52. The highest BCUT2D eigenvalue weighted by molar-refractivity contribution is 5.79. The molecule has 23 heavy (non-hydrogen) atoms. The minimum absolute atomic E-state index is 0.136. The molecule has 1 fully saturated rings. The number of amides is 1. The van der Waals surface area contributed by atoms with Crippen molar-refractivity contribution in [1.82, 2.24) is 10.2 Å². The van der Waals surface area contributed by atoms with E-state index in [-0.39, 0.29) is 17.8 Å². The van der Waals surface area contributed by atoms with Crippen molar-refractivity contribution in [1.29, 1.82) is 0 Å². The SMILES string of the molecule is CC[C@@H](N[C@H](C)c1ccc(N2CCN(C)CC2)c(F)c1)C(N)=O. The van der Waals surface area contributed by atoms with Crippen LogP contribution in [0.5, 0.6) is 0 Å². The largest absolute Gasteiger partial charge is 0.368 e. The fraction of sp³-hybridized carbons (Fsp3) is 0.588. The maximum absolute atomic E-state index is 14.5. The minimum Gasteiger partial charge on any atom is -0.368 e. The Labute approximate surface area is 137 Å². The van der Waals surface area contributed by atoms with Crippen LogP contribution < -0.4 is 16.0 Å². The first kappa shape index (κ1) is 17.7. The van der Waals surface area contributed by atoms with E-state index in [1.54, 1.807) is 6.07 Å². The summed E-state index contributed by atoms with van der Waals surface area (Å²) in [5.74, 6) is -0.596. The van der Waals surface area contributed by atoms with Crippen molar-refractivity contribution >= 4 is 11.6 Å². The molecule has 1 aromatic rings. The molecule has 0 unspecified atom stereocenters. The van der Waals surface area contributed by atoms with Gasteiger partial charge in [0.25, 0.3) is 0 Å². The molecule has 1 heterocycles. The van der Waals surface area contributed by atoms with Crippen LogP contribution in [0.15, 0.2) is 18.2 Å². The minimum atomic E-state index is -0.398. The first-order chi connectivity index (χ1) is 10.9. The molecule has 2 rings (SSSR count). The molecule has 0 spiro atoms. The predicted octanol–water partition coefficient (Wildman–Crippen LogP) is 1.49. The van der Waals surface area contributed by atoms with Gasteiger partial charge in [0.1, 0.15) is 5.82 Å². The Bertz CT molecular complexity index is 543. The Morgan fingerprint density at radius 2 is 2.00 bits per heavy atom. The summed E-state index contributed by atoms with van der Waals surface area (Å²) < 4.78 is 14.5. The first-order valence-electron chi connectivity index (χ1n) is 8.20. The number of anilines is 1. The number of carbonyl (C=O) groups excluding carboxylic acids is 1. The summed E-state index contributed by atoms with van der Waals surface area (Å²) in [4.78, 5) is 15.6. The summed E-state index contributed by atoms with van der Waals surface area (Å²) in [6.07, 6.45) is 0.613. The molecule has 0 bridgehead atoms. The van der Waals surface area contributed by atoms with E-state index in [0.717, 1.165) is 31.7 Å².